The number of amides is 1. The molecule has 2 heterocycles. The summed E-state index contributed by atoms with van der Waals surface area (Å²) >= 11 is 7.56. The van der Waals surface area contributed by atoms with Crippen molar-refractivity contribution in [2.45, 2.75) is 18.9 Å². The number of halogens is 1. The van der Waals surface area contributed by atoms with E-state index in [0.29, 0.717) is 39.3 Å². The molecule has 0 radical (unpaired) electrons. The molecule has 154 valence electrons. The zero-order valence-electron chi connectivity index (χ0n) is 15.8. The average molecular weight is 448 g/mol. The van der Waals surface area contributed by atoms with Gasteiger partial charge in [-0.1, -0.05) is 22.9 Å². The number of carbonyl (C=O) groups is 1. The molecule has 1 aromatic heterocycles. The molecule has 1 aliphatic heterocycles. The maximum Gasteiger partial charge on any atom is 0.244 e. The number of thiazole rings is 1. The van der Waals surface area contributed by atoms with Crippen molar-refractivity contribution in [1.29, 1.82) is 0 Å². The van der Waals surface area contributed by atoms with Crippen LogP contribution in [-0.4, -0.2) is 69.8 Å². The summed E-state index contributed by atoms with van der Waals surface area (Å²) in [5.41, 5.74) is 0.566. The number of hydrogen-bond acceptors (Lipinski definition) is 7. The van der Waals surface area contributed by atoms with Gasteiger partial charge in [-0.05, 0) is 25.0 Å². The number of nitrogens with zero attached hydrogens (tertiary/aromatic N) is 3. The summed E-state index contributed by atoms with van der Waals surface area (Å²) in [4.78, 5) is 19.0. The van der Waals surface area contributed by atoms with E-state index in [2.05, 4.69) is 4.98 Å². The standard InChI is InChI=1S/C17H22ClN3O5S2/c1-20(28(3,23)24)10-14(22)21(9-11-5-4-8-26-11)17-19-15-13(25-2)7-6-12(18)16(15)27-17/h6-7,11H,4-5,8-10H2,1-3H3. The van der Waals surface area contributed by atoms with Crippen LogP contribution in [0.5, 0.6) is 5.75 Å². The first-order valence-electron chi connectivity index (χ1n) is 8.67. The molecule has 8 nitrogen and oxygen atoms in total. The molecule has 11 heteroatoms. The van der Waals surface area contributed by atoms with Gasteiger partial charge in [0.25, 0.3) is 0 Å². The van der Waals surface area contributed by atoms with Crippen LogP contribution in [0, 0.1) is 0 Å². The monoisotopic (exact) mass is 447 g/mol. The minimum absolute atomic E-state index is 0.114. The number of aromatic nitrogens is 1. The molecule has 0 saturated carbocycles. The van der Waals surface area contributed by atoms with Crippen molar-refractivity contribution in [1.82, 2.24) is 9.29 Å². The molecule has 3 rings (SSSR count). The van der Waals surface area contributed by atoms with E-state index in [1.54, 1.807) is 12.1 Å². The Bertz CT molecular complexity index is 973. The number of fused-ring (bicyclic) bond motifs is 1. The van der Waals surface area contributed by atoms with E-state index < -0.39 is 10.0 Å². The maximum absolute atomic E-state index is 13.0. The van der Waals surface area contributed by atoms with Crippen LogP contribution in [0.15, 0.2) is 12.1 Å². The molecule has 0 aliphatic carbocycles. The Hall–Kier alpha value is -1.46. The SMILES string of the molecule is COc1ccc(Cl)c2sc(N(CC3CCCO3)C(=O)CN(C)S(C)(=O)=O)nc12. The van der Waals surface area contributed by atoms with Gasteiger partial charge in [0, 0.05) is 13.7 Å². The van der Waals surface area contributed by atoms with Crippen LogP contribution in [0.4, 0.5) is 5.13 Å². The number of methoxy groups -OCH3 is 1. The fraction of sp³-hybridized carbons (Fsp3) is 0.529. The van der Waals surface area contributed by atoms with Crippen LogP contribution in [-0.2, 0) is 19.6 Å². The number of anilines is 1. The second kappa shape index (κ2) is 8.50. The van der Waals surface area contributed by atoms with Gasteiger partial charge in [0.15, 0.2) is 5.13 Å². The highest BCUT2D eigenvalue weighted by Crippen LogP contribution is 2.39. The number of hydrogen-bond donors (Lipinski definition) is 0. The summed E-state index contributed by atoms with van der Waals surface area (Å²) in [7, 11) is -0.576. The van der Waals surface area contributed by atoms with Crippen LogP contribution >= 0.6 is 22.9 Å². The summed E-state index contributed by atoms with van der Waals surface area (Å²) in [6, 6.07) is 3.44. The molecule has 0 spiro atoms. The quantitative estimate of drug-likeness (QED) is 0.647. The smallest absolute Gasteiger partial charge is 0.244 e. The summed E-state index contributed by atoms with van der Waals surface area (Å²) in [6.45, 7) is 0.665. The average Bonchev–Trinajstić information content (AvgIpc) is 3.29. The molecule has 1 atom stereocenters. The Labute approximate surface area is 173 Å². The van der Waals surface area contributed by atoms with Gasteiger partial charge in [-0.3, -0.25) is 9.69 Å². The van der Waals surface area contributed by atoms with Gasteiger partial charge in [-0.15, -0.1) is 0 Å². The largest absolute Gasteiger partial charge is 0.494 e. The Morgan fingerprint density at radius 2 is 2.21 bits per heavy atom. The van der Waals surface area contributed by atoms with E-state index >= 15 is 0 Å². The third-order valence-corrected chi connectivity index (χ3v) is 7.33. The first-order chi connectivity index (χ1) is 13.2. The number of ether oxygens (including phenoxy) is 2. The fourth-order valence-corrected chi connectivity index (χ4v) is 4.52. The van der Waals surface area contributed by atoms with Crippen molar-refractivity contribution in [2.75, 3.05) is 45.0 Å². The highest BCUT2D eigenvalue weighted by Gasteiger charge is 2.29. The summed E-state index contributed by atoms with van der Waals surface area (Å²) in [6.07, 6.45) is 2.71. The summed E-state index contributed by atoms with van der Waals surface area (Å²) < 4.78 is 36.2. The second-order valence-corrected chi connectivity index (χ2v) is 10.1. The Morgan fingerprint density at radius 1 is 1.46 bits per heavy atom. The van der Waals surface area contributed by atoms with E-state index in [1.165, 1.54) is 30.4 Å². The normalized spacial score (nSPS) is 17.4. The molecule has 28 heavy (non-hydrogen) atoms. The van der Waals surface area contributed by atoms with Gasteiger partial charge in [-0.25, -0.2) is 13.4 Å². The minimum Gasteiger partial charge on any atom is -0.494 e. The second-order valence-electron chi connectivity index (χ2n) is 6.58. The molecule has 1 aromatic carbocycles. The van der Waals surface area contributed by atoms with Crippen molar-refractivity contribution in [3.05, 3.63) is 17.2 Å². The van der Waals surface area contributed by atoms with Crippen molar-refractivity contribution >= 4 is 54.2 Å². The van der Waals surface area contributed by atoms with Crippen molar-refractivity contribution in [3.63, 3.8) is 0 Å². The maximum atomic E-state index is 13.0. The predicted molar refractivity (Wildman–Crippen MR) is 110 cm³/mol. The Balaban J connectivity index is 1.97. The molecule has 1 saturated heterocycles. The van der Waals surface area contributed by atoms with Crippen molar-refractivity contribution in [3.8, 4) is 5.75 Å². The van der Waals surface area contributed by atoms with Crippen LogP contribution < -0.4 is 9.64 Å². The lowest BCUT2D eigenvalue weighted by molar-refractivity contribution is -0.119. The van der Waals surface area contributed by atoms with Gasteiger partial charge < -0.3 is 9.47 Å². The third kappa shape index (κ3) is 4.57. The van der Waals surface area contributed by atoms with Crippen LogP contribution in [0.3, 0.4) is 0 Å². The molecule has 1 amide bonds. The van der Waals surface area contributed by atoms with Crippen molar-refractivity contribution < 1.29 is 22.7 Å². The lowest BCUT2D eigenvalue weighted by Crippen LogP contribution is -2.44. The zero-order valence-corrected chi connectivity index (χ0v) is 18.2. The Morgan fingerprint density at radius 3 is 2.82 bits per heavy atom. The molecule has 1 aliphatic rings. The molecule has 0 bridgehead atoms. The van der Waals surface area contributed by atoms with E-state index in [0.717, 1.165) is 23.4 Å². The molecule has 2 aromatic rings. The zero-order chi connectivity index (χ0) is 20.5. The topological polar surface area (TPSA) is 89.0 Å². The summed E-state index contributed by atoms with van der Waals surface area (Å²) in [5.74, 6) is 0.178. The van der Waals surface area contributed by atoms with Crippen LogP contribution in [0.25, 0.3) is 10.2 Å². The highest BCUT2D eigenvalue weighted by molar-refractivity contribution is 7.88. The fourth-order valence-electron chi connectivity index (χ4n) is 2.89. The van der Waals surface area contributed by atoms with Gasteiger partial charge in [0.1, 0.15) is 11.3 Å². The van der Waals surface area contributed by atoms with Crippen molar-refractivity contribution in [2.24, 2.45) is 0 Å². The van der Waals surface area contributed by atoms with E-state index in [9.17, 15) is 13.2 Å². The lowest BCUT2D eigenvalue weighted by Gasteiger charge is -2.25. The molecule has 1 unspecified atom stereocenters. The molecule has 0 N–H and O–H groups in total. The number of sulfonamides is 1. The van der Waals surface area contributed by atoms with E-state index in [1.807, 2.05) is 0 Å². The number of carbonyl (C=O) groups excluding carboxylic acids is 1. The number of likely N-dealkylation sites (N-methyl/N-ethyl adjacent to an activating group) is 1. The minimum atomic E-state index is -3.49. The highest BCUT2D eigenvalue weighted by atomic mass is 35.5. The number of benzene rings is 1. The molecular weight excluding hydrogens is 426 g/mol. The summed E-state index contributed by atoms with van der Waals surface area (Å²) in [5, 5.41) is 0.945. The predicted octanol–water partition coefficient (Wildman–Crippen LogP) is 2.36. The van der Waals surface area contributed by atoms with E-state index in [4.69, 9.17) is 21.1 Å². The Kier molecular flexibility index (Phi) is 6.45. The van der Waals surface area contributed by atoms with Gasteiger partial charge >= 0.3 is 0 Å². The molecule has 1 fully saturated rings. The lowest BCUT2D eigenvalue weighted by atomic mass is 10.2. The first-order valence-corrected chi connectivity index (χ1v) is 11.7. The number of rotatable bonds is 7. The van der Waals surface area contributed by atoms with Crippen LogP contribution in [0.2, 0.25) is 5.02 Å². The van der Waals surface area contributed by atoms with Gasteiger partial charge in [0.2, 0.25) is 15.9 Å². The van der Waals surface area contributed by atoms with Gasteiger partial charge in [-0.2, -0.15) is 4.31 Å². The van der Waals surface area contributed by atoms with Gasteiger partial charge in [0.05, 0.1) is 42.3 Å². The first kappa shape index (κ1) is 21.3. The van der Waals surface area contributed by atoms with E-state index in [-0.39, 0.29) is 18.6 Å². The van der Waals surface area contributed by atoms with Crippen LogP contribution in [0.1, 0.15) is 12.8 Å². The third-order valence-electron chi connectivity index (χ3n) is 4.53. The molecular formula is C17H22ClN3O5S2.